The predicted molar refractivity (Wildman–Crippen MR) is 58.0 cm³/mol. The highest BCUT2D eigenvalue weighted by Crippen LogP contribution is 2.15. The zero-order valence-corrected chi connectivity index (χ0v) is 8.36. The first kappa shape index (κ1) is 9.32. The molecule has 0 saturated heterocycles. The van der Waals surface area contributed by atoms with Crippen LogP contribution in [0.4, 0.5) is 0 Å². The third-order valence-electron chi connectivity index (χ3n) is 2.60. The molecule has 0 bridgehead atoms. The summed E-state index contributed by atoms with van der Waals surface area (Å²) >= 11 is 0. The lowest BCUT2D eigenvalue weighted by Crippen LogP contribution is -2.04. The number of ether oxygens (including phenoxy) is 1. The SMILES string of the molecule is C1=COC(CCCc2ccccc2)C1. The average molecular weight is 188 g/mol. The summed E-state index contributed by atoms with van der Waals surface area (Å²) < 4.78 is 5.41. The molecule has 0 fully saturated rings. The average Bonchev–Trinajstić information content (AvgIpc) is 2.72. The van der Waals surface area contributed by atoms with Crippen molar-refractivity contribution >= 4 is 0 Å². The lowest BCUT2D eigenvalue weighted by molar-refractivity contribution is 0.158. The van der Waals surface area contributed by atoms with Crippen LogP contribution in [0.1, 0.15) is 24.8 Å². The Bertz CT molecular complexity index is 281. The van der Waals surface area contributed by atoms with Gasteiger partial charge in [-0.3, -0.25) is 0 Å². The molecule has 0 saturated carbocycles. The van der Waals surface area contributed by atoms with Gasteiger partial charge in [-0.1, -0.05) is 30.3 Å². The minimum Gasteiger partial charge on any atom is -0.498 e. The van der Waals surface area contributed by atoms with Gasteiger partial charge in [-0.15, -0.1) is 0 Å². The van der Waals surface area contributed by atoms with E-state index in [9.17, 15) is 0 Å². The molecule has 0 amide bonds. The van der Waals surface area contributed by atoms with Gasteiger partial charge in [0, 0.05) is 6.42 Å². The van der Waals surface area contributed by atoms with Gasteiger partial charge in [-0.2, -0.15) is 0 Å². The maximum atomic E-state index is 5.41. The number of hydrogen-bond acceptors (Lipinski definition) is 1. The van der Waals surface area contributed by atoms with Crippen LogP contribution in [-0.4, -0.2) is 6.10 Å². The van der Waals surface area contributed by atoms with Crippen LogP contribution in [0.3, 0.4) is 0 Å². The van der Waals surface area contributed by atoms with Crippen molar-refractivity contribution < 1.29 is 4.74 Å². The number of benzene rings is 1. The minimum atomic E-state index is 0.443. The Morgan fingerprint density at radius 1 is 1.21 bits per heavy atom. The Balaban J connectivity index is 1.68. The molecule has 74 valence electrons. The number of aryl methyl sites for hydroxylation is 1. The lowest BCUT2D eigenvalue weighted by atomic mass is 10.1. The van der Waals surface area contributed by atoms with Crippen LogP contribution in [0.15, 0.2) is 42.7 Å². The van der Waals surface area contributed by atoms with Crippen molar-refractivity contribution in [1.82, 2.24) is 0 Å². The van der Waals surface area contributed by atoms with Crippen LogP contribution in [0.2, 0.25) is 0 Å². The first-order valence-electron chi connectivity index (χ1n) is 5.29. The van der Waals surface area contributed by atoms with Crippen molar-refractivity contribution in [2.75, 3.05) is 0 Å². The van der Waals surface area contributed by atoms with Crippen molar-refractivity contribution in [1.29, 1.82) is 0 Å². The van der Waals surface area contributed by atoms with Crippen LogP contribution in [-0.2, 0) is 11.2 Å². The third kappa shape index (κ3) is 2.63. The summed E-state index contributed by atoms with van der Waals surface area (Å²) in [6, 6.07) is 10.6. The van der Waals surface area contributed by atoms with Gasteiger partial charge in [-0.25, -0.2) is 0 Å². The first-order valence-corrected chi connectivity index (χ1v) is 5.29. The van der Waals surface area contributed by atoms with Crippen LogP contribution in [0, 0.1) is 0 Å². The predicted octanol–water partition coefficient (Wildman–Crippen LogP) is 3.31. The van der Waals surface area contributed by atoms with E-state index in [1.54, 1.807) is 0 Å². The number of rotatable bonds is 4. The van der Waals surface area contributed by atoms with Crippen LogP contribution in [0.25, 0.3) is 0 Å². The Labute approximate surface area is 85.4 Å². The van der Waals surface area contributed by atoms with Gasteiger partial charge < -0.3 is 4.74 Å². The maximum absolute atomic E-state index is 5.41. The molecule has 14 heavy (non-hydrogen) atoms. The normalized spacial score (nSPS) is 19.6. The molecule has 1 nitrogen and oxygen atoms in total. The molecule has 1 aromatic rings. The lowest BCUT2D eigenvalue weighted by Gasteiger charge is -2.09. The van der Waals surface area contributed by atoms with E-state index in [0.717, 1.165) is 6.42 Å². The number of hydrogen-bond donors (Lipinski definition) is 0. The Morgan fingerprint density at radius 2 is 2.07 bits per heavy atom. The molecule has 1 heterocycles. The highest BCUT2D eigenvalue weighted by atomic mass is 16.5. The largest absolute Gasteiger partial charge is 0.498 e. The van der Waals surface area contributed by atoms with Crippen molar-refractivity contribution in [3.63, 3.8) is 0 Å². The van der Waals surface area contributed by atoms with E-state index in [1.165, 1.54) is 24.8 Å². The fraction of sp³-hybridized carbons (Fsp3) is 0.385. The monoisotopic (exact) mass is 188 g/mol. The second-order valence-corrected chi connectivity index (χ2v) is 3.74. The third-order valence-corrected chi connectivity index (χ3v) is 2.60. The topological polar surface area (TPSA) is 9.23 Å². The molecule has 1 unspecified atom stereocenters. The van der Waals surface area contributed by atoms with Crippen molar-refractivity contribution in [3.05, 3.63) is 48.2 Å². The molecule has 0 radical (unpaired) electrons. The summed E-state index contributed by atoms with van der Waals surface area (Å²) in [5.74, 6) is 0. The zero-order chi connectivity index (χ0) is 9.64. The van der Waals surface area contributed by atoms with Crippen molar-refractivity contribution in [2.24, 2.45) is 0 Å². The van der Waals surface area contributed by atoms with E-state index in [2.05, 4.69) is 36.4 Å². The Hall–Kier alpha value is -1.24. The quantitative estimate of drug-likeness (QED) is 0.704. The minimum absolute atomic E-state index is 0.443. The molecule has 0 aromatic heterocycles. The van der Waals surface area contributed by atoms with E-state index in [1.807, 2.05) is 6.26 Å². The van der Waals surface area contributed by atoms with E-state index >= 15 is 0 Å². The summed E-state index contributed by atoms with van der Waals surface area (Å²) in [4.78, 5) is 0. The molecule has 2 rings (SSSR count). The molecule has 0 N–H and O–H groups in total. The smallest absolute Gasteiger partial charge is 0.101 e. The van der Waals surface area contributed by atoms with Crippen molar-refractivity contribution in [3.8, 4) is 0 Å². The summed E-state index contributed by atoms with van der Waals surface area (Å²) in [7, 11) is 0. The molecule has 1 aromatic carbocycles. The van der Waals surface area contributed by atoms with E-state index in [-0.39, 0.29) is 0 Å². The molecule has 0 aliphatic carbocycles. The van der Waals surface area contributed by atoms with Crippen LogP contribution in [0.5, 0.6) is 0 Å². The summed E-state index contributed by atoms with van der Waals surface area (Å²) in [5, 5.41) is 0. The molecule has 0 spiro atoms. The second kappa shape index (κ2) is 4.85. The summed E-state index contributed by atoms with van der Waals surface area (Å²) in [5.41, 5.74) is 1.43. The zero-order valence-electron chi connectivity index (χ0n) is 8.36. The fourth-order valence-electron chi connectivity index (χ4n) is 1.79. The standard InChI is InChI=1S/C13H16O/c1-2-6-12(7-3-1)8-4-9-13-10-5-11-14-13/h1-3,5-7,11,13H,4,8-10H2. The Morgan fingerprint density at radius 3 is 2.79 bits per heavy atom. The highest BCUT2D eigenvalue weighted by Gasteiger charge is 2.10. The van der Waals surface area contributed by atoms with Gasteiger partial charge in [0.05, 0.1) is 6.26 Å². The van der Waals surface area contributed by atoms with Gasteiger partial charge >= 0.3 is 0 Å². The highest BCUT2D eigenvalue weighted by molar-refractivity contribution is 5.14. The van der Waals surface area contributed by atoms with Gasteiger partial charge in [0.25, 0.3) is 0 Å². The molecular formula is C13H16O. The van der Waals surface area contributed by atoms with Gasteiger partial charge in [0.15, 0.2) is 0 Å². The van der Waals surface area contributed by atoms with E-state index in [0.29, 0.717) is 6.10 Å². The molecule has 1 aliphatic heterocycles. The van der Waals surface area contributed by atoms with E-state index < -0.39 is 0 Å². The molecule has 1 atom stereocenters. The van der Waals surface area contributed by atoms with Crippen LogP contribution < -0.4 is 0 Å². The summed E-state index contributed by atoms with van der Waals surface area (Å²) in [6.07, 6.45) is 9.02. The summed E-state index contributed by atoms with van der Waals surface area (Å²) in [6.45, 7) is 0. The van der Waals surface area contributed by atoms with E-state index in [4.69, 9.17) is 4.74 Å². The molecule has 1 heteroatoms. The van der Waals surface area contributed by atoms with Crippen LogP contribution >= 0.6 is 0 Å². The van der Waals surface area contributed by atoms with Gasteiger partial charge in [0.2, 0.25) is 0 Å². The molecular weight excluding hydrogens is 172 g/mol. The van der Waals surface area contributed by atoms with Gasteiger partial charge in [-0.05, 0) is 30.9 Å². The molecule has 1 aliphatic rings. The maximum Gasteiger partial charge on any atom is 0.101 e. The van der Waals surface area contributed by atoms with Crippen molar-refractivity contribution in [2.45, 2.75) is 31.8 Å². The van der Waals surface area contributed by atoms with Gasteiger partial charge in [0.1, 0.15) is 6.10 Å². The second-order valence-electron chi connectivity index (χ2n) is 3.74. The first-order chi connectivity index (χ1) is 6.95. The Kier molecular flexibility index (Phi) is 3.23. The fourth-order valence-corrected chi connectivity index (χ4v) is 1.79.